The first-order chi connectivity index (χ1) is 10.1. The van der Waals surface area contributed by atoms with Gasteiger partial charge in [0.15, 0.2) is 11.6 Å². The predicted octanol–water partition coefficient (Wildman–Crippen LogP) is 4.82. The molecule has 0 radical (unpaired) electrons. The van der Waals surface area contributed by atoms with E-state index >= 15 is 0 Å². The molecule has 0 fully saturated rings. The summed E-state index contributed by atoms with van der Waals surface area (Å²) in [6.07, 6.45) is 1.03. The minimum Gasteiger partial charge on any atom is -0.454 e. The van der Waals surface area contributed by atoms with Crippen LogP contribution < -0.4 is 10.1 Å². The molecule has 21 heavy (non-hydrogen) atoms. The summed E-state index contributed by atoms with van der Waals surface area (Å²) in [5.74, 6) is -0.740. The molecule has 2 aromatic carbocycles. The lowest BCUT2D eigenvalue weighted by atomic mass is 10.1. The lowest BCUT2D eigenvalue weighted by Crippen LogP contribution is -2.19. The standard InChI is InChI=1S/C17H19F2NO/c1-3-10-20-12(2)14-6-4-5-7-16(14)21-17-9-8-13(18)11-15(17)19/h4-9,11-12,20H,3,10H2,1-2H3. The van der Waals surface area contributed by atoms with Gasteiger partial charge in [-0.15, -0.1) is 0 Å². The first-order valence-electron chi connectivity index (χ1n) is 7.07. The Balaban J connectivity index is 2.23. The number of hydrogen-bond donors (Lipinski definition) is 1. The van der Waals surface area contributed by atoms with E-state index in [1.807, 2.05) is 25.1 Å². The average Bonchev–Trinajstić information content (AvgIpc) is 2.48. The topological polar surface area (TPSA) is 21.3 Å². The van der Waals surface area contributed by atoms with E-state index in [0.717, 1.165) is 24.6 Å². The van der Waals surface area contributed by atoms with Gasteiger partial charge in [-0.3, -0.25) is 0 Å². The van der Waals surface area contributed by atoms with E-state index in [0.29, 0.717) is 5.75 Å². The average molecular weight is 291 g/mol. The van der Waals surface area contributed by atoms with Crippen molar-refractivity contribution in [1.82, 2.24) is 5.32 Å². The highest BCUT2D eigenvalue weighted by atomic mass is 19.1. The van der Waals surface area contributed by atoms with Gasteiger partial charge in [-0.05, 0) is 38.1 Å². The zero-order valence-electron chi connectivity index (χ0n) is 12.2. The normalized spacial score (nSPS) is 12.2. The molecule has 0 aliphatic rings. The number of rotatable bonds is 6. The summed E-state index contributed by atoms with van der Waals surface area (Å²) in [6.45, 7) is 5.01. The van der Waals surface area contributed by atoms with Crippen LogP contribution in [-0.2, 0) is 0 Å². The van der Waals surface area contributed by atoms with Gasteiger partial charge in [0, 0.05) is 17.7 Å². The molecule has 2 nitrogen and oxygen atoms in total. The van der Waals surface area contributed by atoms with Crippen molar-refractivity contribution in [2.75, 3.05) is 6.54 Å². The second-order valence-electron chi connectivity index (χ2n) is 4.89. The van der Waals surface area contributed by atoms with Crippen LogP contribution in [0.2, 0.25) is 0 Å². The monoisotopic (exact) mass is 291 g/mol. The Kier molecular flexibility index (Phi) is 5.28. The Labute approximate surface area is 123 Å². The Morgan fingerprint density at radius 3 is 2.57 bits per heavy atom. The van der Waals surface area contributed by atoms with Crippen molar-refractivity contribution in [1.29, 1.82) is 0 Å². The molecule has 2 aromatic rings. The van der Waals surface area contributed by atoms with Crippen LogP contribution in [-0.4, -0.2) is 6.54 Å². The molecular formula is C17H19F2NO. The van der Waals surface area contributed by atoms with Crippen LogP contribution in [0, 0.1) is 11.6 Å². The minimum atomic E-state index is -0.709. The van der Waals surface area contributed by atoms with E-state index in [2.05, 4.69) is 12.2 Å². The fourth-order valence-electron chi connectivity index (χ4n) is 2.08. The molecule has 1 atom stereocenters. The number of ether oxygens (including phenoxy) is 1. The van der Waals surface area contributed by atoms with Crippen LogP contribution in [0.15, 0.2) is 42.5 Å². The van der Waals surface area contributed by atoms with Gasteiger partial charge in [0.05, 0.1) is 0 Å². The van der Waals surface area contributed by atoms with Crippen molar-refractivity contribution in [3.63, 3.8) is 0 Å². The van der Waals surface area contributed by atoms with Gasteiger partial charge in [0.2, 0.25) is 0 Å². The van der Waals surface area contributed by atoms with Crippen LogP contribution >= 0.6 is 0 Å². The Morgan fingerprint density at radius 2 is 1.86 bits per heavy atom. The molecule has 0 aliphatic carbocycles. The molecule has 0 saturated carbocycles. The number of para-hydroxylation sites is 1. The summed E-state index contributed by atoms with van der Waals surface area (Å²) in [5, 5.41) is 3.36. The van der Waals surface area contributed by atoms with Gasteiger partial charge >= 0.3 is 0 Å². The predicted molar refractivity (Wildman–Crippen MR) is 79.6 cm³/mol. The zero-order valence-corrected chi connectivity index (χ0v) is 12.2. The quantitative estimate of drug-likeness (QED) is 0.824. The zero-order chi connectivity index (χ0) is 15.2. The highest BCUT2D eigenvalue weighted by Gasteiger charge is 2.13. The molecule has 1 unspecified atom stereocenters. The highest BCUT2D eigenvalue weighted by molar-refractivity contribution is 5.40. The molecule has 0 aromatic heterocycles. The molecule has 2 rings (SSSR count). The number of benzene rings is 2. The van der Waals surface area contributed by atoms with Crippen molar-refractivity contribution in [3.05, 3.63) is 59.7 Å². The fourth-order valence-corrected chi connectivity index (χ4v) is 2.08. The fraction of sp³-hybridized carbons (Fsp3) is 0.294. The first-order valence-corrected chi connectivity index (χ1v) is 7.07. The largest absolute Gasteiger partial charge is 0.454 e. The maximum atomic E-state index is 13.7. The number of hydrogen-bond acceptors (Lipinski definition) is 2. The van der Waals surface area contributed by atoms with Crippen molar-refractivity contribution in [2.24, 2.45) is 0 Å². The third-order valence-corrected chi connectivity index (χ3v) is 3.20. The van der Waals surface area contributed by atoms with Gasteiger partial charge in [-0.1, -0.05) is 25.1 Å². The van der Waals surface area contributed by atoms with E-state index in [-0.39, 0.29) is 11.8 Å². The van der Waals surface area contributed by atoms with Crippen LogP contribution in [0.25, 0.3) is 0 Å². The SMILES string of the molecule is CCCNC(C)c1ccccc1Oc1ccc(F)cc1F. The van der Waals surface area contributed by atoms with Crippen molar-refractivity contribution in [2.45, 2.75) is 26.3 Å². The molecular weight excluding hydrogens is 272 g/mol. The molecule has 0 spiro atoms. The Hall–Kier alpha value is -1.94. The first kappa shape index (κ1) is 15.4. The minimum absolute atomic E-state index is 0.0199. The molecule has 0 heterocycles. The Bertz CT molecular complexity index is 601. The van der Waals surface area contributed by atoms with Crippen LogP contribution in [0.4, 0.5) is 8.78 Å². The maximum absolute atomic E-state index is 13.7. The van der Waals surface area contributed by atoms with Gasteiger partial charge in [-0.2, -0.15) is 0 Å². The van der Waals surface area contributed by atoms with Gasteiger partial charge in [-0.25, -0.2) is 8.78 Å². The number of halogens is 2. The van der Waals surface area contributed by atoms with Gasteiger partial charge in [0.25, 0.3) is 0 Å². The summed E-state index contributed by atoms with van der Waals surface area (Å²) < 4.78 is 32.2. The lowest BCUT2D eigenvalue weighted by Gasteiger charge is -2.18. The third kappa shape index (κ3) is 4.02. The van der Waals surface area contributed by atoms with Crippen molar-refractivity contribution in [3.8, 4) is 11.5 Å². The van der Waals surface area contributed by atoms with E-state index < -0.39 is 11.6 Å². The summed E-state index contributed by atoms with van der Waals surface area (Å²) in [7, 11) is 0. The smallest absolute Gasteiger partial charge is 0.168 e. The lowest BCUT2D eigenvalue weighted by molar-refractivity contribution is 0.425. The van der Waals surface area contributed by atoms with E-state index in [4.69, 9.17) is 4.74 Å². The molecule has 4 heteroatoms. The number of nitrogens with one attached hydrogen (secondary N) is 1. The summed E-state index contributed by atoms with van der Waals surface area (Å²) in [6, 6.07) is 10.8. The molecule has 112 valence electrons. The van der Waals surface area contributed by atoms with Gasteiger partial charge in [0.1, 0.15) is 11.6 Å². The van der Waals surface area contributed by atoms with E-state index in [9.17, 15) is 8.78 Å². The molecule has 0 saturated heterocycles. The molecule has 0 bridgehead atoms. The van der Waals surface area contributed by atoms with Gasteiger partial charge < -0.3 is 10.1 Å². The summed E-state index contributed by atoms with van der Waals surface area (Å²) in [5.41, 5.74) is 0.940. The second-order valence-corrected chi connectivity index (χ2v) is 4.89. The Morgan fingerprint density at radius 1 is 1.10 bits per heavy atom. The molecule has 0 aliphatic heterocycles. The maximum Gasteiger partial charge on any atom is 0.168 e. The summed E-state index contributed by atoms with van der Waals surface area (Å²) >= 11 is 0. The highest BCUT2D eigenvalue weighted by Crippen LogP contribution is 2.31. The third-order valence-electron chi connectivity index (χ3n) is 3.20. The molecule has 1 N–H and O–H groups in total. The van der Waals surface area contributed by atoms with Crippen LogP contribution in [0.5, 0.6) is 11.5 Å². The van der Waals surface area contributed by atoms with E-state index in [1.165, 1.54) is 12.1 Å². The van der Waals surface area contributed by atoms with Crippen molar-refractivity contribution >= 4 is 0 Å². The summed E-state index contributed by atoms with van der Waals surface area (Å²) in [4.78, 5) is 0. The van der Waals surface area contributed by atoms with Crippen LogP contribution in [0.3, 0.4) is 0 Å². The second kappa shape index (κ2) is 7.18. The van der Waals surface area contributed by atoms with Crippen LogP contribution in [0.1, 0.15) is 31.9 Å². The molecule has 0 amide bonds. The van der Waals surface area contributed by atoms with E-state index in [1.54, 1.807) is 6.07 Å². The van der Waals surface area contributed by atoms with Crippen molar-refractivity contribution < 1.29 is 13.5 Å².